The second kappa shape index (κ2) is 5.61. The summed E-state index contributed by atoms with van der Waals surface area (Å²) in [5.74, 6) is -0.0860. The molecule has 0 radical (unpaired) electrons. The van der Waals surface area contributed by atoms with Gasteiger partial charge in [-0.05, 0) is 25.1 Å². The number of nitrogens with one attached hydrogen (secondary N) is 2. The lowest BCUT2D eigenvalue weighted by molar-refractivity contribution is -0.120. The van der Waals surface area contributed by atoms with Crippen molar-refractivity contribution in [1.82, 2.24) is 20.9 Å². The zero-order valence-corrected chi connectivity index (χ0v) is 13.5. The topological polar surface area (TPSA) is 87.5 Å². The Balaban J connectivity index is 1.62. The van der Waals surface area contributed by atoms with Gasteiger partial charge in [-0.3, -0.25) is 15.0 Å². The van der Waals surface area contributed by atoms with Crippen LogP contribution in [0.4, 0.5) is 0 Å². The van der Waals surface area contributed by atoms with Gasteiger partial charge in [0.25, 0.3) is 5.91 Å². The van der Waals surface area contributed by atoms with Crippen molar-refractivity contribution in [3.8, 4) is 11.3 Å². The largest absolute Gasteiger partial charge is 0.355 e. The zero-order valence-electron chi connectivity index (χ0n) is 12.7. The number of amides is 2. The van der Waals surface area contributed by atoms with Crippen molar-refractivity contribution in [1.29, 1.82) is 0 Å². The Bertz CT molecular complexity index is 813. The van der Waals surface area contributed by atoms with Gasteiger partial charge in [0, 0.05) is 23.2 Å². The van der Waals surface area contributed by atoms with E-state index in [1.807, 2.05) is 6.07 Å². The number of hydrogen-bond donors (Lipinski definition) is 2. The number of aromatic nitrogens is 1. The van der Waals surface area contributed by atoms with Crippen LogP contribution < -0.4 is 10.7 Å². The molecule has 2 amide bonds. The van der Waals surface area contributed by atoms with Gasteiger partial charge in [-0.25, -0.2) is 5.01 Å². The molecule has 1 atom stereocenters. The Morgan fingerprint density at radius 2 is 2.25 bits per heavy atom. The van der Waals surface area contributed by atoms with Crippen LogP contribution in [0.1, 0.15) is 23.3 Å². The molecule has 0 bridgehead atoms. The maximum Gasteiger partial charge on any atom is 0.295 e. The first-order valence-electron chi connectivity index (χ1n) is 7.65. The Hall–Kier alpha value is -2.38. The highest BCUT2D eigenvalue weighted by molar-refractivity contribution is 6.30. The van der Waals surface area contributed by atoms with Gasteiger partial charge in [0.05, 0.1) is 12.0 Å². The Labute approximate surface area is 142 Å². The molecule has 1 unspecified atom stereocenters. The minimum Gasteiger partial charge on any atom is -0.355 e. The third kappa shape index (κ3) is 2.46. The zero-order chi connectivity index (χ0) is 16.7. The predicted octanol–water partition coefficient (Wildman–Crippen LogP) is 1.60. The van der Waals surface area contributed by atoms with Gasteiger partial charge in [0.2, 0.25) is 5.91 Å². The van der Waals surface area contributed by atoms with Gasteiger partial charge < -0.3 is 9.84 Å². The molecule has 7 nitrogen and oxygen atoms in total. The number of nitrogens with zero attached hydrogens (tertiary/aromatic N) is 2. The van der Waals surface area contributed by atoms with Crippen LogP contribution in [0.25, 0.3) is 11.3 Å². The van der Waals surface area contributed by atoms with E-state index in [1.54, 1.807) is 24.3 Å². The first-order valence-corrected chi connectivity index (χ1v) is 8.03. The third-order valence-electron chi connectivity index (χ3n) is 4.46. The molecule has 2 aromatic rings. The Kier molecular flexibility index (Phi) is 3.54. The van der Waals surface area contributed by atoms with Crippen molar-refractivity contribution in [3.05, 3.63) is 41.0 Å². The SMILES string of the molecule is O=C1CC2(CCNC2)N(C(=O)c2cc(-c3cccc(Cl)c3)on2)N1. The van der Waals surface area contributed by atoms with E-state index in [9.17, 15) is 9.59 Å². The number of benzene rings is 1. The monoisotopic (exact) mass is 346 g/mol. The number of carbonyl (C=O) groups is 2. The van der Waals surface area contributed by atoms with Crippen molar-refractivity contribution in [2.45, 2.75) is 18.4 Å². The molecule has 0 saturated carbocycles. The fourth-order valence-corrected chi connectivity index (χ4v) is 3.46. The minimum absolute atomic E-state index is 0.151. The number of rotatable bonds is 2. The standard InChI is InChI=1S/C16H15ClN4O3/c17-11-3-1-2-10(6-11)13-7-12(20-24-13)15(23)21-16(4-5-18-9-16)8-14(22)19-21/h1-3,6-7,18H,4-5,8-9H2,(H,19,22). The molecule has 4 rings (SSSR count). The predicted molar refractivity (Wildman–Crippen MR) is 86.1 cm³/mol. The van der Waals surface area contributed by atoms with E-state index in [0.717, 1.165) is 18.5 Å². The number of hydrogen-bond acceptors (Lipinski definition) is 5. The average molecular weight is 347 g/mol. The summed E-state index contributed by atoms with van der Waals surface area (Å²) in [5, 5.41) is 9.04. The first-order chi connectivity index (χ1) is 11.6. The molecule has 1 aromatic carbocycles. The summed E-state index contributed by atoms with van der Waals surface area (Å²) >= 11 is 5.97. The number of carbonyl (C=O) groups excluding carboxylic acids is 2. The van der Waals surface area contributed by atoms with Crippen molar-refractivity contribution in [2.24, 2.45) is 0 Å². The summed E-state index contributed by atoms with van der Waals surface area (Å²) in [6.45, 7) is 1.35. The van der Waals surface area contributed by atoms with E-state index in [1.165, 1.54) is 5.01 Å². The lowest BCUT2D eigenvalue weighted by Gasteiger charge is -2.31. The molecule has 1 spiro atoms. The van der Waals surface area contributed by atoms with Gasteiger partial charge in [0.1, 0.15) is 0 Å². The summed E-state index contributed by atoms with van der Waals surface area (Å²) in [4.78, 5) is 24.6. The van der Waals surface area contributed by atoms with Crippen LogP contribution >= 0.6 is 11.6 Å². The van der Waals surface area contributed by atoms with Crippen molar-refractivity contribution >= 4 is 23.4 Å². The maximum absolute atomic E-state index is 12.8. The summed E-state index contributed by atoms with van der Waals surface area (Å²) in [5.41, 5.74) is 3.01. The smallest absolute Gasteiger partial charge is 0.295 e. The number of halogens is 1. The van der Waals surface area contributed by atoms with Crippen LogP contribution in [0, 0.1) is 0 Å². The first kappa shape index (κ1) is 15.2. The van der Waals surface area contributed by atoms with Crippen LogP contribution in [-0.4, -0.2) is 40.6 Å². The van der Waals surface area contributed by atoms with E-state index < -0.39 is 5.54 Å². The Morgan fingerprint density at radius 3 is 3.00 bits per heavy atom. The van der Waals surface area contributed by atoms with E-state index in [-0.39, 0.29) is 17.5 Å². The maximum atomic E-state index is 12.8. The van der Waals surface area contributed by atoms with Crippen LogP contribution in [-0.2, 0) is 4.79 Å². The van der Waals surface area contributed by atoms with Crippen molar-refractivity contribution in [2.75, 3.05) is 13.1 Å². The lowest BCUT2D eigenvalue weighted by Crippen LogP contribution is -2.53. The van der Waals surface area contributed by atoms with Gasteiger partial charge in [-0.1, -0.05) is 28.9 Å². The van der Waals surface area contributed by atoms with Gasteiger partial charge in [-0.2, -0.15) is 0 Å². The lowest BCUT2D eigenvalue weighted by atomic mass is 9.94. The molecule has 124 valence electrons. The molecule has 8 heteroatoms. The second-order valence-corrected chi connectivity index (χ2v) is 6.53. The summed E-state index contributed by atoms with van der Waals surface area (Å²) in [6.07, 6.45) is 1.02. The highest BCUT2D eigenvalue weighted by atomic mass is 35.5. The molecule has 2 aliphatic rings. The van der Waals surface area contributed by atoms with E-state index in [4.69, 9.17) is 16.1 Å². The molecule has 3 heterocycles. The summed E-state index contributed by atoms with van der Waals surface area (Å²) in [6, 6.07) is 8.66. The Morgan fingerprint density at radius 1 is 1.38 bits per heavy atom. The van der Waals surface area contributed by atoms with Crippen molar-refractivity contribution in [3.63, 3.8) is 0 Å². The van der Waals surface area contributed by atoms with Crippen LogP contribution in [0.5, 0.6) is 0 Å². The van der Waals surface area contributed by atoms with Crippen LogP contribution in [0.15, 0.2) is 34.9 Å². The average Bonchev–Trinajstić information content (AvgIpc) is 3.28. The van der Waals surface area contributed by atoms with E-state index in [0.29, 0.717) is 23.7 Å². The quantitative estimate of drug-likeness (QED) is 0.862. The molecular weight excluding hydrogens is 332 g/mol. The third-order valence-corrected chi connectivity index (χ3v) is 4.70. The highest BCUT2D eigenvalue weighted by Gasteiger charge is 2.50. The van der Waals surface area contributed by atoms with Gasteiger partial charge in [-0.15, -0.1) is 0 Å². The fraction of sp³-hybridized carbons (Fsp3) is 0.312. The molecule has 24 heavy (non-hydrogen) atoms. The van der Waals surface area contributed by atoms with Crippen LogP contribution in [0.3, 0.4) is 0 Å². The second-order valence-electron chi connectivity index (χ2n) is 6.09. The summed E-state index contributed by atoms with van der Waals surface area (Å²) < 4.78 is 5.28. The van der Waals surface area contributed by atoms with Gasteiger partial charge in [0.15, 0.2) is 11.5 Å². The molecular formula is C16H15ClN4O3. The summed E-state index contributed by atoms with van der Waals surface area (Å²) in [7, 11) is 0. The number of hydrazine groups is 1. The normalized spacial score (nSPS) is 23.0. The fourth-order valence-electron chi connectivity index (χ4n) is 3.27. The van der Waals surface area contributed by atoms with Crippen molar-refractivity contribution < 1.29 is 14.1 Å². The van der Waals surface area contributed by atoms with Gasteiger partial charge >= 0.3 is 0 Å². The van der Waals surface area contributed by atoms with E-state index >= 15 is 0 Å². The van der Waals surface area contributed by atoms with Crippen LogP contribution in [0.2, 0.25) is 5.02 Å². The molecule has 2 N–H and O–H groups in total. The molecule has 2 aliphatic heterocycles. The molecule has 0 aliphatic carbocycles. The molecule has 2 fully saturated rings. The molecule has 1 aromatic heterocycles. The minimum atomic E-state index is -0.524. The van der Waals surface area contributed by atoms with E-state index in [2.05, 4.69) is 15.9 Å². The molecule has 2 saturated heterocycles. The highest BCUT2D eigenvalue weighted by Crippen LogP contribution is 2.32.